The lowest BCUT2D eigenvalue weighted by Crippen LogP contribution is -2.29. The number of rotatable bonds is 7. The van der Waals surface area contributed by atoms with Crippen molar-refractivity contribution in [2.45, 2.75) is 39.3 Å². The predicted molar refractivity (Wildman–Crippen MR) is 70.3 cm³/mol. The molecule has 0 amide bonds. The van der Waals surface area contributed by atoms with Crippen molar-refractivity contribution in [3.8, 4) is 0 Å². The molecule has 0 aliphatic rings. The van der Waals surface area contributed by atoms with Gasteiger partial charge in [-0.05, 0) is 18.4 Å². The molecule has 102 valence electrons. The van der Waals surface area contributed by atoms with Crippen molar-refractivity contribution >= 4 is 5.82 Å². The average Bonchev–Trinajstić information content (AvgIpc) is 2.43. The lowest BCUT2D eigenvalue weighted by atomic mass is 10.0. The first kappa shape index (κ1) is 14.8. The number of nitrogens with zero attached hydrogens (tertiary/aromatic N) is 2. The van der Waals surface area contributed by atoms with Crippen LogP contribution in [0.25, 0.3) is 0 Å². The van der Waals surface area contributed by atoms with Gasteiger partial charge < -0.3 is 21.3 Å². The molecule has 0 saturated carbocycles. The molecule has 1 aromatic heterocycles. The van der Waals surface area contributed by atoms with E-state index in [4.69, 9.17) is 15.9 Å². The van der Waals surface area contributed by atoms with Crippen molar-refractivity contribution < 1.29 is 10.2 Å². The zero-order valence-corrected chi connectivity index (χ0v) is 11.0. The summed E-state index contributed by atoms with van der Waals surface area (Å²) in [5.41, 5.74) is 8.75. The zero-order valence-electron chi connectivity index (χ0n) is 11.0. The SMILES string of the molecule is CCc1nnc(NC(CO)CO)c(CN)c1CC. The van der Waals surface area contributed by atoms with Crippen molar-refractivity contribution in [3.63, 3.8) is 0 Å². The lowest BCUT2D eigenvalue weighted by Gasteiger charge is -2.19. The minimum atomic E-state index is -0.443. The Hall–Kier alpha value is -1.24. The van der Waals surface area contributed by atoms with Crippen LogP contribution in [0.2, 0.25) is 0 Å². The number of aliphatic hydroxyl groups is 2. The van der Waals surface area contributed by atoms with Gasteiger partial charge in [0.05, 0.1) is 24.9 Å². The third kappa shape index (κ3) is 3.16. The monoisotopic (exact) mass is 254 g/mol. The number of aliphatic hydroxyl groups excluding tert-OH is 2. The third-order valence-corrected chi connectivity index (χ3v) is 2.94. The summed E-state index contributed by atoms with van der Waals surface area (Å²) in [7, 11) is 0. The van der Waals surface area contributed by atoms with Crippen LogP contribution in [0, 0.1) is 0 Å². The molecule has 1 aromatic rings. The van der Waals surface area contributed by atoms with E-state index < -0.39 is 6.04 Å². The maximum atomic E-state index is 9.08. The van der Waals surface area contributed by atoms with Gasteiger partial charge in [0.1, 0.15) is 0 Å². The summed E-state index contributed by atoms with van der Waals surface area (Å²) < 4.78 is 0. The Bertz CT molecular complexity index is 381. The van der Waals surface area contributed by atoms with Crippen molar-refractivity contribution in [2.24, 2.45) is 5.73 Å². The van der Waals surface area contributed by atoms with Gasteiger partial charge in [0.15, 0.2) is 5.82 Å². The second kappa shape index (κ2) is 7.25. The number of hydrogen-bond donors (Lipinski definition) is 4. The van der Waals surface area contributed by atoms with Crippen LogP contribution in [0.5, 0.6) is 0 Å². The lowest BCUT2D eigenvalue weighted by molar-refractivity contribution is 0.203. The van der Waals surface area contributed by atoms with E-state index in [0.717, 1.165) is 29.7 Å². The molecule has 6 heteroatoms. The summed E-state index contributed by atoms with van der Waals surface area (Å²) in [5, 5.41) is 29.4. The summed E-state index contributed by atoms with van der Waals surface area (Å²) in [6.07, 6.45) is 1.65. The van der Waals surface area contributed by atoms with E-state index in [1.807, 2.05) is 6.92 Å². The van der Waals surface area contributed by atoms with Crippen molar-refractivity contribution in [1.82, 2.24) is 10.2 Å². The molecule has 0 spiro atoms. The van der Waals surface area contributed by atoms with E-state index in [2.05, 4.69) is 22.4 Å². The molecule has 0 aliphatic carbocycles. The summed E-state index contributed by atoms with van der Waals surface area (Å²) in [5.74, 6) is 0.555. The Morgan fingerprint density at radius 1 is 1.11 bits per heavy atom. The first-order chi connectivity index (χ1) is 8.71. The molecule has 0 bridgehead atoms. The summed E-state index contributed by atoms with van der Waals surface area (Å²) in [4.78, 5) is 0. The van der Waals surface area contributed by atoms with Gasteiger partial charge in [-0.2, -0.15) is 5.10 Å². The Labute approximate surface area is 107 Å². The van der Waals surface area contributed by atoms with E-state index in [1.165, 1.54) is 0 Å². The number of aryl methyl sites for hydroxylation is 1. The molecule has 18 heavy (non-hydrogen) atoms. The Morgan fingerprint density at radius 2 is 1.78 bits per heavy atom. The Kier molecular flexibility index (Phi) is 5.97. The molecule has 0 saturated heterocycles. The molecule has 0 atom stereocenters. The normalized spacial score (nSPS) is 11.0. The number of anilines is 1. The molecule has 6 nitrogen and oxygen atoms in total. The number of nitrogens with two attached hydrogens (primary N) is 1. The van der Waals surface area contributed by atoms with E-state index in [1.54, 1.807) is 0 Å². The maximum absolute atomic E-state index is 9.08. The van der Waals surface area contributed by atoms with Gasteiger partial charge in [-0.25, -0.2) is 0 Å². The number of hydrogen-bond acceptors (Lipinski definition) is 6. The largest absolute Gasteiger partial charge is 0.394 e. The van der Waals surface area contributed by atoms with Crippen LogP contribution in [0.1, 0.15) is 30.7 Å². The Morgan fingerprint density at radius 3 is 2.22 bits per heavy atom. The second-order valence-corrected chi connectivity index (χ2v) is 4.07. The molecule has 0 radical (unpaired) electrons. The quantitative estimate of drug-likeness (QED) is 0.538. The van der Waals surface area contributed by atoms with Gasteiger partial charge >= 0.3 is 0 Å². The second-order valence-electron chi connectivity index (χ2n) is 4.07. The van der Waals surface area contributed by atoms with E-state index in [-0.39, 0.29) is 13.2 Å². The highest BCUT2D eigenvalue weighted by Crippen LogP contribution is 2.20. The van der Waals surface area contributed by atoms with Gasteiger partial charge in [-0.3, -0.25) is 0 Å². The molecule has 1 rings (SSSR count). The minimum Gasteiger partial charge on any atom is -0.394 e. The van der Waals surface area contributed by atoms with Gasteiger partial charge in [0.2, 0.25) is 0 Å². The maximum Gasteiger partial charge on any atom is 0.153 e. The summed E-state index contributed by atoms with van der Waals surface area (Å²) >= 11 is 0. The van der Waals surface area contributed by atoms with Crippen molar-refractivity contribution in [3.05, 3.63) is 16.8 Å². The fourth-order valence-electron chi connectivity index (χ4n) is 1.93. The van der Waals surface area contributed by atoms with Crippen LogP contribution in [-0.4, -0.2) is 39.7 Å². The highest BCUT2D eigenvalue weighted by atomic mass is 16.3. The van der Waals surface area contributed by atoms with Crippen LogP contribution in [0.15, 0.2) is 0 Å². The molecule has 5 N–H and O–H groups in total. The first-order valence-electron chi connectivity index (χ1n) is 6.27. The van der Waals surface area contributed by atoms with Gasteiger partial charge in [-0.15, -0.1) is 5.10 Å². The van der Waals surface area contributed by atoms with Crippen molar-refractivity contribution in [2.75, 3.05) is 18.5 Å². The molecule has 1 heterocycles. The molecular weight excluding hydrogens is 232 g/mol. The molecular formula is C12H22N4O2. The Balaban J connectivity index is 3.12. The van der Waals surface area contributed by atoms with Crippen LogP contribution in [0.4, 0.5) is 5.82 Å². The van der Waals surface area contributed by atoms with Crippen molar-refractivity contribution in [1.29, 1.82) is 0 Å². The van der Waals surface area contributed by atoms with Crippen LogP contribution in [0.3, 0.4) is 0 Å². The highest BCUT2D eigenvalue weighted by Gasteiger charge is 2.15. The van der Waals surface area contributed by atoms with Gasteiger partial charge in [0.25, 0.3) is 0 Å². The number of aromatic nitrogens is 2. The fraction of sp³-hybridized carbons (Fsp3) is 0.667. The van der Waals surface area contributed by atoms with Crippen LogP contribution < -0.4 is 11.1 Å². The topological polar surface area (TPSA) is 104 Å². The molecule has 0 unspecified atom stereocenters. The van der Waals surface area contributed by atoms with Gasteiger partial charge in [-0.1, -0.05) is 13.8 Å². The number of nitrogens with one attached hydrogen (secondary N) is 1. The zero-order chi connectivity index (χ0) is 13.5. The first-order valence-corrected chi connectivity index (χ1v) is 6.27. The fourth-order valence-corrected chi connectivity index (χ4v) is 1.93. The smallest absolute Gasteiger partial charge is 0.153 e. The van der Waals surface area contributed by atoms with Gasteiger partial charge in [0, 0.05) is 12.1 Å². The standard InChI is InChI=1S/C12H22N4O2/c1-3-9-10(5-13)12(14-8(6-17)7-18)16-15-11(9)4-2/h8,17-18H,3-7,13H2,1-2H3,(H,14,16). The highest BCUT2D eigenvalue weighted by molar-refractivity contribution is 5.49. The average molecular weight is 254 g/mol. The molecule has 0 fully saturated rings. The minimum absolute atomic E-state index is 0.167. The van der Waals surface area contributed by atoms with E-state index in [0.29, 0.717) is 12.4 Å². The molecule has 0 aromatic carbocycles. The summed E-state index contributed by atoms with van der Waals surface area (Å²) in [6.45, 7) is 4.10. The molecule has 0 aliphatic heterocycles. The van der Waals surface area contributed by atoms with E-state index in [9.17, 15) is 0 Å². The van der Waals surface area contributed by atoms with E-state index >= 15 is 0 Å². The van der Waals surface area contributed by atoms with Crippen LogP contribution in [-0.2, 0) is 19.4 Å². The summed E-state index contributed by atoms with van der Waals surface area (Å²) in [6, 6.07) is -0.443. The predicted octanol–water partition coefficient (Wildman–Crippen LogP) is -0.175. The van der Waals surface area contributed by atoms with Crippen LogP contribution >= 0.6 is 0 Å². The third-order valence-electron chi connectivity index (χ3n) is 2.94.